The maximum absolute atomic E-state index is 12.7. The molecule has 28 heavy (non-hydrogen) atoms. The minimum absolute atomic E-state index is 0.0766. The fourth-order valence-electron chi connectivity index (χ4n) is 2.80. The first kappa shape index (κ1) is 22.5. The van der Waals surface area contributed by atoms with Crippen LogP contribution in [0.4, 0.5) is 0 Å². The molecule has 0 spiro atoms. The number of ether oxygens (including phenoxy) is 3. The smallest absolute Gasteiger partial charge is 0.243 e. The summed E-state index contributed by atoms with van der Waals surface area (Å²) in [5, 5.41) is 5.76. The zero-order chi connectivity index (χ0) is 20.4. The van der Waals surface area contributed by atoms with E-state index in [0.717, 1.165) is 25.0 Å². The quantitative estimate of drug-likeness (QED) is 0.674. The third kappa shape index (κ3) is 6.70. The van der Waals surface area contributed by atoms with E-state index in [1.54, 1.807) is 55.0 Å². The molecule has 0 aliphatic carbocycles. The molecule has 2 amide bonds. The van der Waals surface area contributed by atoms with Gasteiger partial charge < -0.3 is 24.8 Å². The number of carbonyl (C=O) groups excluding carboxylic acids is 2. The molecule has 0 aromatic heterocycles. The van der Waals surface area contributed by atoms with Gasteiger partial charge in [-0.1, -0.05) is 28.0 Å². The third-order valence-corrected chi connectivity index (χ3v) is 6.86. The molecule has 0 unspecified atom stereocenters. The topological polar surface area (TPSA) is 85.9 Å². The fourth-order valence-corrected chi connectivity index (χ4v) is 5.11. The van der Waals surface area contributed by atoms with Crippen LogP contribution in [0, 0.1) is 0 Å². The summed E-state index contributed by atoms with van der Waals surface area (Å²) in [6.45, 7) is 0.222. The highest BCUT2D eigenvalue weighted by Gasteiger charge is 2.22. The molecule has 1 aromatic rings. The minimum atomic E-state index is -0.571. The second kappa shape index (κ2) is 12.0. The molecule has 1 aliphatic heterocycles. The molecule has 1 aromatic carbocycles. The van der Waals surface area contributed by atoms with Crippen molar-refractivity contribution in [1.82, 2.24) is 10.6 Å². The van der Waals surface area contributed by atoms with Gasteiger partial charge >= 0.3 is 0 Å². The molecule has 1 aliphatic rings. The van der Waals surface area contributed by atoms with Gasteiger partial charge in [0.1, 0.15) is 23.3 Å². The van der Waals surface area contributed by atoms with Crippen LogP contribution in [0.25, 0.3) is 0 Å². The Morgan fingerprint density at radius 3 is 2.46 bits per heavy atom. The zero-order valence-electron chi connectivity index (χ0n) is 16.5. The highest BCUT2D eigenvalue weighted by Crippen LogP contribution is 2.34. The molecule has 9 heteroatoms. The Morgan fingerprint density at radius 2 is 1.82 bits per heavy atom. The Bertz CT molecular complexity index is 647. The van der Waals surface area contributed by atoms with Gasteiger partial charge in [-0.15, -0.1) is 0 Å². The molecule has 2 N–H and O–H groups in total. The average molecular weight is 429 g/mol. The van der Waals surface area contributed by atoms with E-state index in [2.05, 4.69) is 10.6 Å². The summed E-state index contributed by atoms with van der Waals surface area (Å²) in [7, 11) is 8.03. The number of hydrogen-bond acceptors (Lipinski definition) is 7. The molecule has 1 atom stereocenters. The molecule has 1 fully saturated rings. The summed E-state index contributed by atoms with van der Waals surface area (Å²) in [5.41, 5.74) is 0.712. The van der Waals surface area contributed by atoms with Crippen LogP contribution < -0.4 is 24.8 Å². The Morgan fingerprint density at radius 1 is 1.11 bits per heavy atom. The van der Waals surface area contributed by atoms with Gasteiger partial charge in [0, 0.05) is 30.1 Å². The van der Waals surface area contributed by atoms with Crippen molar-refractivity contribution in [3.63, 3.8) is 0 Å². The van der Waals surface area contributed by atoms with E-state index in [9.17, 15) is 9.59 Å². The van der Waals surface area contributed by atoms with Crippen LogP contribution >= 0.6 is 21.6 Å². The van der Waals surface area contributed by atoms with Crippen LogP contribution in [0.5, 0.6) is 17.2 Å². The molecule has 1 saturated heterocycles. The van der Waals surface area contributed by atoms with E-state index in [1.165, 1.54) is 0 Å². The molecule has 156 valence electrons. The molecular weight excluding hydrogens is 400 g/mol. The normalized spacial score (nSPS) is 18.4. The highest BCUT2D eigenvalue weighted by atomic mass is 33.1. The maximum atomic E-state index is 12.7. The van der Waals surface area contributed by atoms with Gasteiger partial charge in [0.15, 0.2) is 0 Å². The maximum Gasteiger partial charge on any atom is 0.243 e. The predicted molar refractivity (Wildman–Crippen MR) is 113 cm³/mol. The third-order valence-electron chi connectivity index (χ3n) is 4.36. The number of nitrogens with one attached hydrogen (secondary N) is 2. The Labute approximate surface area is 174 Å². The van der Waals surface area contributed by atoms with Gasteiger partial charge in [-0.05, 0) is 12.8 Å². The van der Waals surface area contributed by atoms with E-state index in [1.807, 2.05) is 0 Å². The van der Waals surface area contributed by atoms with Gasteiger partial charge in [-0.25, -0.2) is 0 Å². The summed E-state index contributed by atoms with van der Waals surface area (Å²) in [4.78, 5) is 24.8. The summed E-state index contributed by atoms with van der Waals surface area (Å²) >= 11 is 0. The first-order chi connectivity index (χ1) is 13.6. The van der Waals surface area contributed by atoms with Crippen molar-refractivity contribution >= 4 is 33.4 Å². The predicted octanol–water partition coefficient (Wildman–Crippen LogP) is 2.77. The number of amides is 2. The average Bonchev–Trinajstić information content (AvgIpc) is 2.76. The van der Waals surface area contributed by atoms with E-state index < -0.39 is 6.04 Å². The standard InChI is InChI=1S/C19H28N2O5S2/c1-24-13-9-16(25-2)14(17(10-13)26-3)11-20-19(23)15-12-28-27-8-6-4-5-7-18(22)21-15/h9-10,15H,4-8,11-12H2,1-3H3,(H,20,23)(H,21,22)/t15-/m0/s1. The number of methoxy groups -OCH3 is 3. The van der Waals surface area contributed by atoms with E-state index in [-0.39, 0.29) is 18.4 Å². The molecule has 0 saturated carbocycles. The van der Waals surface area contributed by atoms with Crippen molar-refractivity contribution in [2.24, 2.45) is 0 Å². The van der Waals surface area contributed by atoms with Crippen molar-refractivity contribution in [2.45, 2.75) is 38.3 Å². The number of carbonyl (C=O) groups is 2. The lowest BCUT2D eigenvalue weighted by Gasteiger charge is -2.19. The molecule has 7 nitrogen and oxygen atoms in total. The van der Waals surface area contributed by atoms with Gasteiger partial charge in [0.25, 0.3) is 0 Å². The number of hydrogen-bond donors (Lipinski definition) is 2. The lowest BCUT2D eigenvalue weighted by Crippen LogP contribution is -2.48. The second-order valence-corrected chi connectivity index (χ2v) is 8.89. The molecular formula is C19H28N2O5S2. The van der Waals surface area contributed by atoms with Gasteiger partial charge in [-0.2, -0.15) is 0 Å². The lowest BCUT2D eigenvalue weighted by atomic mass is 10.1. The van der Waals surface area contributed by atoms with E-state index in [0.29, 0.717) is 35.0 Å². The van der Waals surface area contributed by atoms with Crippen molar-refractivity contribution in [3.05, 3.63) is 17.7 Å². The van der Waals surface area contributed by atoms with Gasteiger partial charge in [-0.3, -0.25) is 9.59 Å². The first-order valence-corrected chi connectivity index (χ1v) is 11.7. The first-order valence-electron chi connectivity index (χ1n) is 9.19. The Balaban J connectivity index is 2.07. The summed E-state index contributed by atoms with van der Waals surface area (Å²) in [5.74, 6) is 2.99. The zero-order valence-corrected chi connectivity index (χ0v) is 18.2. The minimum Gasteiger partial charge on any atom is -0.496 e. The SMILES string of the molecule is COc1cc(OC)c(CNC(=O)[C@@H]2CSSCCCCCC(=O)N2)c(OC)c1. The molecule has 0 bridgehead atoms. The monoisotopic (exact) mass is 428 g/mol. The van der Waals surface area contributed by atoms with E-state index >= 15 is 0 Å². The highest BCUT2D eigenvalue weighted by molar-refractivity contribution is 8.76. The van der Waals surface area contributed by atoms with Crippen molar-refractivity contribution in [3.8, 4) is 17.2 Å². The van der Waals surface area contributed by atoms with Crippen molar-refractivity contribution < 1.29 is 23.8 Å². The fraction of sp³-hybridized carbons (Fsp3) is 0.579. The van der Waals surface area contributed by atoms with E-state index in [4.69, 9.17) is 14.2 Å². The summed E-state index contributed by atoms with van der Waals surface area (Å²) in [6, 6.07) is 2.91. The van der Waals surface area contributed by atoms with Gasteiger partial charge in [0.2, 0.25) is 11.8 Å². The lowest BCUT2D eigenvalue weighted by molar-refractivity contribution is -0.128. The van der Waals surface area contributed by atoms with Crippen molar-refractivity contribution in [2.75, 3.05) is 32.8 Å². The van der Waals surface area contributed by atoms with Crippen LogP contribution in [0.15, 0.2) is 12.1 Å². The molecule has 2 rings (SSSR count). The van der Waals surface area contributed by atoms with Crippen LogP contribution in [0.1, 0.15) is 31.2 Å². The Hall–Kier alpha value is -1.74. The molecule has 0 radical (unpaired) electrons. The number of benzene rings is 1. The summed E-state index contributed by atoms with van der Waals surface area (Å²) in [6.07, 6.45) is 3.44. The summed E-state index contributed by atoms with van der Waals surface area (Å²) < 4.78 is 16.1. The molecule has 1 heterocycles. The number of rotatable bonds is 6. The van der Waals surface area contributed by atoms with Crippen LogP contribution in [-0.4, -0.2) is 50.7 Å². The largest absolute Gasteiger partial charge is 0.496 e. The van der Waals surface area contributed by atoms with Crippen molar-refractivity contribution in [1.29, 1.82) is 0 Å². The Kier molecular flexibility index (Phi) is 9.63. The second-order valence-electron chi connectivity index (χ2n) is 6.27. The van der Waals surface area contributed by atoms with Crippen LogP contribution in [0.3, 0.4) is 0 Å². The van der Waals surface area contributed by atoms with Crippen LogP contribution in [0.2, 0.25) is 0 Å². The van der Waals surface area contributed by atoms with Crippen LogP contribution in [-0.2, 0) is 16.1 Å². The van der Waals surface area contributed by atoms with Gasteiger partial charge in [0.05, 0.1) is 33.4 Å².